The molecule has 1 fully saturated rings. The Morgan fingerprint density at radius 1 is 1.30 bits per heavy atom. The summed E-state index contributed by atoms with van der Waals surface area (Å²) in [5.41, 5.74) is 0.960. The minimum absolute atomic E-state index is 0.145. The second-order valence-electron chi connectivity index (χ2n) is 5.77. The van der Waals surface area contributed by atoms with Gasteiger partial charge in [-0.05, 0) is 49.8 Å². The molecule has 0 spiro atoms. The van der Waals surface area contributed by atoms with E-state index in [0.717, 1.165) is 25.1 Å². The van der Waals surface area contributed by atoms with Gasteiger partial charge < -0.3 is 15.2 Å². The summed E-state index contributed by atoms with van der Waals surface area (Å²) in [5, 5.41) is 13.4. The number of benzene rings is 1. The molecule has 3 heteroatoms. The van der Waals surface area contributed by atoms with E-state index in [1.165, 1.54) is 18.4 Å². The molecule has 0 amide bonds. The number of para-hydroxylation sites is 1. The van der Waals surface area contributed by atoms with E-state index in [1.54, 1.807) is 0 Å². The maximum absolute atomic E-state index is 9.88. The Bertz CT molecular complexity index is 417. The highest BCUT2D eigenvalue weighted by Gasteiger charge is 2.45. The van der Waals surface area contributed by atoms with Crippen LogP contribution in [0.4, 0.5) is 0 Å². The summed E-state index contributed by atoms with van der Waals surface area (Å²) in [7, 11) is 0. The van der Waals surface area contributed by atoms with Crippen LogP contribution in [-0.2, 0) is 6.42 Å². The minimum atomic E-state index is -0.267. The highest BCUT2D eigenvalue weighted by atomic mass is 16.5. The Balaban J connectivity index is 2.04. The van der Waals surface area contributed by atoms with Crippen LogP contribution in [0.3, 0.4) is 0 Å². The van der Waals surface area contributed by atoms with Crippen molar-refractivity contribution < 1.29 is 9.84 Å². The van der Waals surface area contributed by atoms with Crippen LogP contribution >= 0.6 is 0 Å². The van der Waals surface area contributed by atoms with Crippen LogP contribution in [0.5, 0.6) is 5.75 Å². The number of aliphatic hydroxyl groups is 1. The normalized spacial score (nSPS) is 17.8. The molecule has 0 heterocycles. The quantitative estimate of drug-likeness (QED) is 0.729. The van der Waals surface area contributed by atoms with Gasteiger partial charge in [-0.25, -0.2) is 0 Å². The zero-order chi connectivity index (χ0) is 14.4. The van der Waals surface area contributed by atoms with E-state index in [4.69, 9.17) is 4.74 Å². The van der Waals surface area contributed by atoms with E-state index >= 15 is 0 Å². The van der Waals surface area contributed by atoms with Crippen LogP contribution in [0.15, 0.2) is 24.3 Å². The first-order valence-corrected chi connectivity index (χ1v) is 7.82. The molecular weight excluding hydrogens is 250 g/mol. The highest BCUT2D eigenvalue weighted by Crippen LogP contribution is 2.40. The van der Waals surface area contributed by atoms with Gasteiger partial charge in [0.15, 0.2) is 0 Å². The largest absolute Gasteiger partial charge is 0.491 e. The molecule has 1 aromatic rings. The third kappa shape index (κ3) is 3.53. The average molecular weight is 277 g/mol. The molecule has 1 unspecified atom stereocenters. The van der Waals surface area contributed by atoms with Gasteiger partial charge in [-0.1, -0.05) is 32.0 Å². The number of hydrogen-bond donors (Lipinski definition) is 2. The average Bonchev–Trinajstić information content (AvgIpc) is 3.33. The third-order valence-electron chi connectivity index (χ3n) is 4.21. The number of nitrogens with one attached hydrogen (secondary N) is 1. The van der Waals surface area contributed by atoms with E-state index in [9.17, 15) is 5.11 Å². The number of rotatable bonds is 9. The Hall–Kier alpha value is -1.06. The molecule has 0 saturated heterocycles. The lowest BCUT2D eigenvalue weighted by Crippen LogP contribution is -2.55. The monoisotopic (exact) mass is 277 g/mol. The first-order valence-electron chi connectivity index (χ1n) is 7.82. The van der Waals surface area contributed by atoms with Crippen LogP contribution in [0, 0.1) is 5.92 Å². The maximum atomic E-state index is 9.88. The van der Waals surface area contributed by atoms with Gasteiger partial charge in [-0.2, -0.15) is 0 Å². The fourth-order valence-electron chi connectivity index (χ4n) is 2.70. The van der Waals surface area contributed by atoms with E-state index < -0.39 is 0 Å². The van der Waals surface area contributed by atoms with Crippen molar-refractivity contribution in [3.63, 3.8) is 0 Å². The molecule has 1 atom stereocenters. The Morgan fingerprint density at radius 2 is 2.05 bits per heavy atom. The van der Waals surface area contributed by atoms with Gasteiger partial charge in [0.05, 0.1) is 12.1 Å². The van der Waals surface area contributed by atoms with Crippen molar-refractivity contribution in [2.75, 3.05) is 19.8 Å². The summed E-state index contributed by atoms with van der Waals surface area (Å²) < 4.78 is 6.06. The van der Waals surface area contributed by atoms with Gasteiger partial charge in [-0.3, -0.25) is 0 Å². The van der Waals surface area contributed by atoms with Crippen LogP contribution in [0.25, 0.3) is 0 Å². The fraction of sp³-hybridized carbons (Fsp3) is 0.647. The lowest BCUT2D eigenvalue weighted by molar-refractivity contribution is 0.0847. The SMILES string of the molecule is CCCNC(CO)(COc1ccccc1CC)C1CC1. The molecule has 1 aromatic carbocycles. The third-order valence-corrected chi connectivity index (χ3v) is 4.21. The molecule has 0 radical (unpaired) electrons. The van der Waals surface area contributed by atoms with Crippen molar-refractivity contribution >= 4 is 0 Å². The second kappa shape index (κ2) is 7.09. The maximum Gasteiger partial charge on any atom is 0.122 e. The molecule has 3 nitrogen and oxygen atoms in total. The second-order valence-corrected chi connectivity index (χ2v) is 5.77. The Kier molecular flexibility index (Phi) is 5.44. The minimum Gasteiger partial charge on any atom is -0.491 e. The molecule has 1 aliphatic carbocycles. The van der Waals surface area contributed by atoms with E-state index in [0.29, 0.717) is 12.5 Å². The smallest absolute Gasteiger partial charge is 0.122 e. The molecular formula is C17H27NO2. The summed E-state index contributed by atoms with van der Waals surface area (Å²) in [6.45, 7) is 5.90. The van der Waals surface area contributed by atoms with Crippen molar-refractivity contribution in [3.8, 4) is 5.75 Å². The van der Waals surface area contributed by atoms with Crippen molar-refractivity contribution in [2.24, 2.45) is 5.92 Å². The van der Waals surface area contributed by atoms with Gasteiger partial charge >= 0.3 is 0 Å². The summed E-state index contributed by atoms with van der Waals surface area (Å²) in [4.78, 5) is 0. The first kappa shape index (κ1) is 15.3. The first-order chi connectivity index (χ1) is 9.75. The molecule has 1 aliphatic rings. The van der Waals surface area contributed by atoms with Crippen LogP contribution in [0.1, 0.15) is 38.7 Å². The van der Waals surface area contributed by atoms with Gasteiger partial charge in [-0.15, -0.1) is 0 Å². The summed E-state index contributed by atoms with van der Waals surface area (Å²) in [6.07, 6.45) is 4.42. The zero-order valence-electron chi connectivity index (χ0n) is 12.7. The Morgan fingerprint density at radius 3 is 2.65 bits per heavy atom. The molecule has 0 bridgehead atoms. The fourth-order valence-corrected chi connectivity index (χ4v) is 2.70. The van der Waals surface area contributed by atoms with Gasteiger partial charge in [0, 0.05) is 0 Å². The van der Waals surface area contributed by atoms with E-state index in [-0.39, 0.29) is 12.1 Å². The number of ether oxygens (including phenoxy) is 1. The highest BCUT2D eigenvalue weighted by molar-refractivity contribution is 5.33. The summed E-state index contributed by atoms with van der Waals surface area (Å²) >= 11 is 0. The molecule has 0 aliphatic heterocycles. The molecule has 112 valence electrons. The van der Waals surface area contributed by atoms with Gasteiger partial charge in [0.25, 0.3) is 0 Å². The molecule has 20 heavy (non-hydrogen) atoms. The van der Waals surface area contributed by atoms with E-state index in [1.807, 2.05) is 18.2 Å². The van der Waals surface area contributed by atoms with Crippen LogP contribution in [-0.4, -0.2) is 30.4 Å². The molecule has 0 aromatic heterocycles. The van der Waals surface area contributed by atoms with Crippen molar-refractivity contribution in [2.45, 2.75) is 45.1 Å². The topological polar surface area (TPSA) is 41.5 Å². The standard InChI is InChI=1S/C17H27NO2/c1-3-11-18-17(12-19,15-9-10-15)13-20-16-8-6-5-7-14(16)4-2/h5-8,15,18-19H,3-4,9-13H2,1-2H3. The van der Waals surface area contributed by atoms with Crippen molar-refractivity contribution in [1.29, 1.82) is 0 Å². The lowest BCUT2D eigenvalue weighted by Gasteiger charge is -2.33. The summed E-state index contributed by atoms with van der Waals surface area (Å²) in [6, 6.07) is 8.17. The van der Waals surface area contributed by atoms with Crippen LogP contribution < -0.4 is 10.1 Å². The van der Waals surface area contributed by atoms with Crippen LogP contribution in [0.2, 0.25) is 0 Å². The van der Waals surface area contributed by atoms with Crippen molar-refractivity contribution in [1.82, 2.24) is 5.32 Å². The van der Waals surface area contributed by atoms with Crippen molar-refractivity contribution in [3.05, 3.63) is 29.8 Å². The lowest BCUT2D eigenvalue weighted by atomic mass is 9.95. The Labute approximate surface area is 122 Å². The van der Waals surface area contributed by atoms with E-state index in [2.05, 4.69) is 25.2 Å². The predicted octanol–water partition coefficient (Wildman–Crippen LogP) is 2.77. The van der Waals surface area contributed by atoms with Gasteiger partial charge in [0.2, 0.25) is 0 Å². The number of aryl methyl sites for hydroxylation is 1. The molecule has 2 rings (SSSR count). The summed E-state index contributed by atoms with van der Waals surface area (Å²) in [5.74, 6) is 1.50. The number of hydrogen-bond acceptors (Lipinski definition) is 3. The molecule has 2 N–H and O–H groups in total. The van der Waals surface area contributed by atoms with Gasteiger partial charge in [0.1, 0.15) is 12.4 Å². The zero-order valence-corrected chi connectivity index (χ0v) is 12.7. The number of aliphatic hydroxyl groups excluding tert-OH is 1. The predicted molar refractivity (Wildman–Crippen MR) is 82.1 cm³/mol. The molecule has 1 saturated carbocycles.